The summed E-state index contributed by atoms with van der Waals surface area (Å²) in [6.07, 6.45) is 4.92. The Morgan fingerprint density at radius 1 is 1.16 bits per heavy atom. The maximum Gasteiger partial charge on any atom is 0.329 e. The number of hydrogen-bond acceptors (Lipinski definition) is 6. The molecular weight excluding hydrogens is 430 g/mol. The number of carbonyl (C=O) groups excluding carboxylic acids is 1. The number of phenolic OH excluding ortho intramolecular Hbond substituents is 1. The summed E-state index contributed by atoms with van der Waals surface area (Å²) in [6.45, 7) is 1.68. The highest BCUT2D eigenvalue weighted by atomic mass is 32.2. The molecule has 1 aliphatic rings. The number of hydrogen-bond donors (Lipinski definition) is 2. The summed E-state index contributed by atoms with van der Waals surface area (Å²) < 4.78 is 17.4. The van der Waals surface area contributed by atoms with Gasteiger partial charge in [-0.2, -0.15) is 4.21 Å². The normalized spacial score (nSPS) is 15.4. The summed E-state index contributed by atoms with van der Waals surface area (Å²) in [5.41, 5.74) is 2.52. The molecule has 1 amide bonds. The molecule has 2 heterocycles. The van der Waals surface area contributed by atoms with E-state index >= 15 is 0 Å². The van der Waals surface area contributed by atoms with Crippen molar-refractivity contribution >= 4 is 23.0 Å². The van der Waals surface area contributed by atoms with Crippen molar-refractivity contribution in [2.75, 3.05) is 25.0 Å². The lowest BCUT2D eigenvalue weighted by Crippen LogP contribution is -2.46. The van der Waals surface area contributed by atoms with Gasteiger partial charge in [-0.15, -0.1) is 0 Å². The van der Waals surface area contributed by atoms with Gasteiger partial charge in [0.05, 0.1) is 5.69 Å². The minimum atomic E-state index is -1.87. The smallest absolute Gasteiger partial charge is 0.329 e. The van der Waals surface area contributed by atoms with Gasteiger partial charge in [-0.3, -0.25) is 4.57 Å². The highest BCUT2D eigenvalue weighted by molar-refractivity contribution is 7.78. The van der Waals surface area contributed by atoms with Gasteiger partial charge in [0.25, 0.3) is 11.3 Å². The molecule has 1 saturated heterocycles. The minimum Gasteiger partial charge on any atom is -0.508 e. The summed E-state index contributed by atoms with van der Waals surface area (Å²) in [6, 6.07) is 14.0. The van der Waals surface area contributed by atoms with Crippen LogP contribution >= 0.6 is 0 Å². The number of piperidine rings is 1. The van der Waals surface area contributed by atoms with Crippen LogP contribution < -0.4 is 14.2 Å². The van der Waals surface area contributed by atoms with Gasteiger partial charge < -0.3 is 19.1 Å². The van der Waals surface area contributed by atoms with Crippen molar-refractivity contribution in [3.63, 3.8) is 0 Å². The number of aromatic hydroxyl groups is 1. The molecule has 1 fully saturated rings. The van der Waals surface area contributed by atoms with Crippen LogP contribution in [-0.4, -0.2) is 56.0 Å². The zero-order valence-corrected chi connectivity index (χ0v) is 18.4. The lowest BCUT2D eigenvalue weighted by molar-refractivity contribution is 0.181. The molecule has 1 aromatic heterocycles. The molecule has 3 aromatic rings. The second kappa shape index (κ2) is 9.41. The number of amides is 1. The largest absolute Gasteiger partial charge is 0.508 e. The minimum absolute atomic E-state index is 0.134. The molecule has 0 spiro atoms. The van der Waals surface area contributed by atoms with E-state index in [1.54, 1.807) is 47.5 Å². The van der Waals surface area contributed by atoms with Gasteiger partial charge in [-0.1, -0.05) is 0 Å². The molecule has 0 radical (unpaired) electrons. The molecule has 32 heavy (non-hydrogen) atoms. The second-order valence-corrected chi connectivity index (χ2v) is 8.35. The molecular formula is C22H25N5O4S. The predicted molar refractivity (Wildman–Crippen MR) is 123 cm³/mol. The third-order valence-corrected chi connectivity index (χ3v) is 6.02. The van der Waals surface area contributed by atoms with Crippen LogP contribution in [0.5, 0.6) is 11.5 Å². The molecule has 9 nitrogen and oxygen atoms in total. The lowest BCUT2D eigenvalue weighted by atomic mass is 10.0. The SMILES string of the molecule is CN(C(=O)n1cnc(-c2ccc(OS(N)=O)cc2)c1)C1CCN(c2ccc(O)cc2)CC1. The molecule has 1 aliphatic heterocycles. The van der Waals surface area contributed by atoms with Crippen LogP contribution in [0.3, 0.4) is 0 Å². The van der Waals surface area contributed by atoms with Crippen LogP contribution in [0.2, 0.25) is 0 Å². The van der Waals surface area contributed by atoms with E-state index in [0.717, 1.165) is 37.2 Å². The van der Waals surface area contributed by atoms with Crippen molar-refractivity contribution in [3.05, 3.63) is 61.1 Å². The van der Waals surface area contributed by atoms with Gasteiger partial charge in [0.15, 0.2) is 0 Å². The average Bonchev–Trinajstić information content (AvgIpc) is 3.29. The third-order valence-electron chi connectivity index (χ3n) is 5.66. The molecule has 4 rings (SSSR count). The van der Waals surface area contributed by atoms with E-state index in [4.69, 9.17) is 9.32 Å². The van der Waals surface area contributed by atoms with E-state index in [1.807, 2.05) is 19.2 Å². The monoisotopic (exact) mass is 455 g/mol. The zero-order chi connectivity index (χ0) is 22.7. The maximum absolute atomic E-state index is 13.0. The van der Waals surface area contributed by atoms with Gasteiger partial charge in [-0.25, -0.2) is 14.9 Å². The van der Waals surface area contributed by atoms with Crippen LogP contribution in [0.4, 0.5) is 10.5 Å². The molecule has 168 valence electrons. The van der Waals surface area contributed by atoms with Crippen molar-refractivity contribution in [3.8, 4) is 22.8 Å². The maximum atomic E-state index is 13.0. The van der Waals surface area contributed by atoms with Gasteiger partial charge in [0.1, 0.15) is 17.8 Å². The number of carbonyl (C=O) groups is 1. The van der Waals surface area contributed by atoms with Crippen molar-refractivity contribution in [1.29, 1.82) is 0 Å². The van der Waals surface area contributed by atoms with Crippen molar-refractivity contribution < 1.29 is 18.3 Å². The van der Waals surface area contributed by atoms with Crippen molar-refractivity contribution in [1.82, 2.24) is 14.5 Å². The topological polar surface area (TPSA) is 114 Å². The van der Waals surface area contributed by atoms with Crippen LogP contribution in [0.25, 0.3) is 11.3 Å². The van der Waals surface area contributed by atoms with Crippen LogP contribution in [0.1, 0.15) is 12.8 Å². The first-order valence-corrected chi connectivity index (χ1v) is 11.3. The number of imidazole rings is 1. The molecule has 1 unspecified atom stereocenters. The summed E-state index contributed by atoms with van der Waals surface area (Å²) in [5.74, 6) is 0.647. The molecule has 3 N–H and O–H groups in total. The van der Waals surface area contributed by atoms with Crippen LogP contribution in [0.15, 0.2) is 61.1 Å². The Labute approximate surface area is 188 Å². The number of aromatic nitrogens is 2. The van der Waals surface area contributed by atoms with E-state index in [0.29, 0.717) is 11.4 Å². The molecule has 0 saturated carbocycles. The molecule has 0 bridgehead atoms. The zero-order valence-electron chi connectivity index (χ0n) is 17.6. The third kappa shape index (κ3) is 4.92. The summed E-state index contributed by atoms with van der Waals surface area (Å²) in [5, 5.41) is 14.6. The Kier molecular flexibility index (Phi) is 6.42. The Morgan fingerprint density at radius 3 is 2.44 bits per heavy atom. The predicted octanol–water partition coefficient (Wildman–Crippen LogP) is 2.74. The number of nitrogens with two attached hydrogens (primary N) is 1. The average molecular weight is 456 g/mol. The van der Waals surface area contributed by atoms with E-state index in [9.17, 15) is 14.1 Å². The second-order valence-electron chi connectivity index (χ2n) is 7.66. The van der Waals surface area contributed by atoms with Gasteiger partial charge in [0, 0.05) is 43.6 Å². The highest BCUT2D eigenvalue weighted by Crippen LogP contribution is 2.25. The first-order valence-electron chi connectivity index (χ1n) is 10.2. The van der Waals surface area contributed by atoms with E-state index in [2.05, 4.69) is 9.88 Å². The fraction of sp³-hybridized carbons (Fsp3) is 0.273. The molecule has 2 aromatic carbocycles. The Morgan fingerprint density at radius 2 is 1.81 bits per heavy atom. The van der Waals surface area contributed by atoms with Crippen molar-refractivity contribution in [2.24, 2.45) is 5.14 Å². The molecule has 1 atom stereocenters. The molecule has 10 heteroatoms. The quantitative estimate of drug-likeness (QED) is 0.612. The number of phenols is 1. The van der Waals surface area contributed by atoms with Crippen LogP contribution in [-0.2, 0) is 11.3 Å². The Balaban J connectivity index is 1.37. The van der Waals surface area contributed by atoms with E-state index < -0.39 is 11.3 Å². The van der Waals surface area contributed by atoms with Gasteiger partial charge in [-0.05, 0) is 61.4 Å². The molecule has 0 aliphatic carbocycles. The number of rotatable bonds is 5. The van der Waals surface area contributed by atoms with E-state index in [1.165, 1.54) is 10.9 Å². The Hall–Kier alpha value is -3.37. The van der Waals surface area contributed by atoms with Gasteiger partial charge in [0.2, 0.25) is 0 Å². The number of anilines is 1. The van der Waals surface area contributed by atoms with Gasteiger partial charge >= 0.3 is 6.03 Å². The summed E-state index contributed by atoms with van der Waals surface area (Å²) in [7, 11) is 1.82. The standard InChI is InChI=1S/C22H25N5O4S/c1-25(17-10-12-26(13-11-17)18-4-6-19(28)7-5-18)22(29)27-14-21(24-15-27)16-2-8-20(9-3-16)31-32(23)30/h2-9,14-15,17,28H,10-13,23H2,1H3. The van der Waals surface area contributed by atoms with Crippen molar-refractivity contribution in [2.45, 2.75) is 18.9 Å². The van der Waals surface area contributed by atoms with Crippen LogP contribution in [0, 0.1) is 0 Å². The Bertz CT molecular complexity index is 1090. The fourth-order valence-electron chi connectivity index (χ4n) is 3.87. The van der Waals surface area contributed by atoms with E-state index in [-0.39, 0.29) is 17.8 Å². The first kappa shape index (κ1) is 21.8. The summed E-state index contributed by atoms with van der Waals surface area (Å²) in [4.78, 5) is 21.4. The number of nitrogens with zero attached hydrogens (tertiary/aromatic N) is 4. The fourth-order valence-corrected chi connectivity index (χ4v) is 4.17. The first-order chi connectivity index (χ1) is 15.4. The number of benzene rings is 2. The highest BCUT2D eigenvalue weighted by Gasteiger charge is 2.26. The lowest BCUT2D eigenvalue weighted by Gasteiger charge is -2.37. The summed E-state index contributed by atoms with van der Waals surface area (Å²) >= 11 is -1.87.